The maximum Gasteiger partial charge on any atom is 0.341 e. The summed E-state index contributed by atoms with van der Waals surface area (Å²) in [6, 6.07) is 9.84. The number of ether oxygens (including phenoxy) is 1. The van der Waals surface area contributed by atoms with Gasteiger partial charge < -0.3 is 21.1 Å². The molecule has 1 unspecified atom stereocenters. The fourth-order valence-electron chi connectivity index (χ4n) is 2.94. The van der Waals surface area contributed by atoms with Gasteiger partial charge >= 0.3 is 18.0 Å². The largest absolute Gasteiger partial charge is 0.457 e. The van der Waals surface area contributed by atoms with E-state index in [1.807, 2.05) is 30.3 Å². The molecule has 0 bridgehead atoms. The number of carbonyl (C=O) groups excluding carboxylic acids is 3. The van der Waals surface area contributed by atoms with Gasteiger partial charge in [-0.25, -0.2) is 14.4 Å². The smallest absolute Gasteiger partial charge is 0.341 e. The van der Waals surface area contributed by atoms with Crippen molar-refractivity contribution in [2.45, 2.75) is 18.9 Å². The highest BCUT2D eigenvalue weighted by molar-refractivity contribution is 7.20. The van der Waals surface area contributed by atoms with Crippen LogP contribution in [0.5, 0.6) is 0 Å². The number of carbonyl (C=O) groups is 3. The normalized spacial score (nSPS) is 16.6. The van der Waals surface area contributed by atoms with Crippen LogP contribution in [0.25, 0.3) is 10.4 Å². The van der Waals surface area contributed by atoms with E-state index in [2.05, 4.69) is 5.32 Å². The zero-order valence-corrected chi connectivity index (χ0v) is 15.3. The van der Waals surface area contributed by atoms with Gasteiger partial charge in [0.25, 0.3) is 0 Å². The Bertz CT molecular complexity index is 852. The summed E-state index contributed by atoms with van der Waals surface area (Å²) in [5.74, 6) is -0.575. The summed E-state index contributed by atoms with van der Waals surface area (Å²) < 4.78 is 5.56. The molecule has 142 valence electrons. The van der Waals surface area contributed by atoms with Crippen LogP contribution in [0, 0.1) is 0 Å². The van der Waals surface area contributed by atoms with E-state index in [-0.39, 0.29) is 12.1 Å². The second-order valence-electron chi connectivity index (χ2n) is 6.16. The van der Waals surface area contributed by atoms with Crippen molar-refractivity contribution >= 4 is 34.4 Å². The van der Waals surface area contributed by atoms with Gasteiger partial charge in [0, 0.05) is 11.4 Å². The fraction of sp³-hybridized carbons (Fsp3) is 0.278. The standard InChI is InChI=1S/C18H20N4O4S/c19-17(24)21-15-13(9-14(27-15)11-5-2-1-3-6-11)16(23)26-12-7-4-8-22(10-12)18(20)25/h1-3,5-6,9,12H,4,7-8,10H2,(H2,20,25)(H3,19,21,24). The van der Waals surface area contributed by atoms with E-state index >= 15 is 0 Å². The summed E-state index contributed by atoms with van der Waals surface area (Å²) in [7, 11) is 0. The van der Waals surface area contributed by atoms with Crippen molar-refractivity contribution in [2.75, 3.05) is 18.4 Å². The first-order valence-electron chi connectivity index (χ1n) is 8.45. The third-order valence-corrected chi connectivity index (χ3v) is 5.31. The SMILES string of the molecule is NC(=O)Nc1sc(-c2ccccc2)cc1C(=O)OC1CCCN(C(N)=O)C1. The highest BCUT2D eigenvalue weighted by atomic mass is 32.1. The molecule has 0 spiro atoms. The zero-order chi connectivity index (χ0) is 19.4. The van der Waals surface area contributed by atoms with Crippen molar-refractivity contribution in [2.24, 2.45) is 11.5 Å². The number of piperidine rings is 1. The molecule has 1 aromatic carbocycles. The average molecular weight is 388 g/mol. The Morgan fingerprint density at radius 1 is 1.19 bits per heavy atom. The van der Waals surface area contributed by atoms with Gasteiger partial charge in [-0.15, -0.1) is 11.3 Å². The van der Waals surface area contributed by atoms with E-state index in [1.165, 1.54) is 16.2 Å². The summed E-state index contributed by atoms with van der Waals surface area (Å²) >= 11 is 1.24. The van der Waals surface area contributed by atoms with Crippen LogP contribution in [-0.4, -0.2) is 42.1 Å². The van der Waals surface area contributed by atoms with Crippen LogP contribution in [0.3, 0.4) is 0 Å². The first-order chi connectivity index (χ1) is 12.9. The monoisotopic (exact) mass is 388 g/mol. The van der Waals surface area contributed by atoms with Gasteiger partial charge in [-0.05, 0) is 24.5 Å². The van der Waals surface area contributed by atoms with Gasteiger partial charge in [-0.1, -0.05) is 30.3 Å². The molecule has 1 saturated heterocycles. The lowest BCUT2D eigenvalue weighted by molar-refractivity contribution is 0.0129. The summed E-state index contributed by atoms with van der Waals surface area (Å²) in [6.07, 6.45) is 0.899. The lowest BCUT2D eigenvalue weighted by atomic mass is 10.1. The molecule has 0 radical (unpaired) electrons. The van der Waals surface area contributed by atoms with Crippen molar-refractivity contribution < 1.29 is 19.1 Å². The van der Waals surface area contributed by atoms with E-state index in [0.717, 1.165) is 10.4 Å². The van der Waals surface area contributed by atoms with E-state index in [4.69, 9.17) is 16.2 Å². The highest BCUT2D eigenvalue weighted by Crippen LogP contribution is 2.36. The molecule has 9 heteroatoms. The number of amides is 4. The number of benzene rings is 1. The number of rotatable bonds is 4. The van der Waals surface area contributed by atoms with Crippen LogP contribution < -0.4 is 16.8 Å². The molecular weight excluding hydrogens is 368 g/mol. The van der Waals surface area contributed by atoms with Crippen molar-refractivity contribution in [3.63, 3.8) is 0 Å². The molecule has 5 N–H and O–H groups in total. The molecule has 1 aliphatic rings. The topological polar surface area (TPSA) is 128 Å². The number of hydrogen-bond acceptors (Lipinski definition) is 5. The molecule has 1 aromatic heterocycles. The van der Waals surface area contributed by atoms with Crippen molar-refractivity contribution in [3.8, 4) is 10.4 Å². The first kappa shape index (κ1) is 18.7. The van der Waals surface area contributed by atoms with Crippen LogP contribution in [0.2, 0.25) is 0 Å². The predicted octanol–water partition coefficient (Wildman–Crippen LogP) is 2.61. The minimum Gasteiger partial charge on any atom is -0.457 e. The highest BCUT2D eigenvalue weighted by Gasteiger charge is 2.27. The molecule has 3 rings (SSSR count). The van der Waals surface area contributed by atoms with Crippen molar-refractivity contribution in [1.82, 2.24) is 4.90 Å². The number of thiophene rings is 1. The second-order valence-corrected chi connectivity index (χ2v) is 7.21. The van der Waals surface area contributed by atoms with Gasteiger partial charge in [-0.2, -0.15) is 0 Å². The van der Waals surface area contributed by atoms with E-state index < -0.39 is 24.1 Å². The third-order valence-electron chi connectivity index (χ3n) is 4.21. The number of primary amides is 2. The number of nitrogens with two attached hydrogens (primary N) is 2. The van der Waals surface area contributed by atoms with Crippen LogP contribution in [-0.2, 0) is 4.74 Å². The van der Waals surface area contributed by atoms with Gasteiger partial charge in [0.05, 0.1) is 12.1 Å². The van der Waals surface area contributed by atoms with Crippen LogP contribution in [0.1, 0.15) is 23.2 Å². The first-order valence-corrected chi connectivity index (χ1v) is 9.26. The third kappa shape index (κ3) is 4.56. The Labute approximate surface area is 160 Å². The minimum atomic E-state index is -0.761. The van der Waals surface area contributed by atoms with Gasteiger partial charge in [-0.3, -0.25) is 5.32 Å². The number of anilines is 1. The number of nitrogens with zero attached hydrogens (tertiary/aromatic N) is 1. The molecule has 27 heavy (non-hydrogen) atoms. The summed E-state index contributed by atoms with van der Waals surface area (Å²) in [5, 5.41) is 2.81. The number of likely N-dealkylation sites (tertiary alicyclic amines) is 1. The maximum absolute atomic E-state index is 12.7. The Hall–Kier alpha value is -3.07. The molecule has 1 fully saturated rings. The van der Waals surface area contributed by atoms with Crippen molar-refractivity contribution in [3.05, 3.63) is 42.0 Å². The van der Waals surface area contributed by atoms with Crippen LogP contribution in [0.15, 0.2) is 36.4 Å². The summed E-state index contributed by atoms with van der Waals surface area (Å²) in [5.41, 5.74) is 11.7. The second kappa shape index (κ2) is 8.09. The predicted molar refractivity (Wildman–Crippen MR) is 103 cm³/mol. The lowest BCUT2D eigenvalue weighted by Crippen LogP contribution is -2.46. The molecule has 2 aromatic rings. The molecule has 2 heterocycles. The molecule has 1 aliphatic heterocycles. The molecular formula is C18H20N4O4S. The Morgan fingerprint density at radius 3 is 2.59 bits per heavy atom. The van der Waals surface area contributed by atoms with Gasteiger partial charge in [0.15, 0.2) is 0 Å². The van der Waals surface area contributed by atoms with E-state index in [9.17, 15) is 14.4 Å². The number of nitrogens with one attached hydrogen (secondary N) is 1. The molecule has 1 atom stereocenters. The zero-order valence-electron chi connectivity index (χ0n) is 14.5. The number of hydrogen-bond donors (Lipinski definition) is 3. The molecule has 4 amide bonds. The van der Waals surface area contributed by atoms with Gasteiger partial charge in [0.1, 0.15) is 11.1 Å². The number of esters is 1. The molecule has 0 saturated carbocycles. The van der Waals surface area contributed by atoms with Gasteiger partial charge in [0.2, 0.25) is 0 Å². The lowest BCUT2D eigenvalue weighted by Gasteiger charge is -2.31. The van der Waals surface area contributed by atoms with Crippen LogP contribution >= 0.6 is 11.3 Å². The minimum absolute atomic E-state index is 0.230. The Morgan fingerprint density at radius 2 is 1.93 bits per heavy atom. The van der Waals surface area contributed by atoms with E-state index in [1.54, 1.807) is 6.07 Å². The molecule has 0 aliphatic carbocycles. The quantitative estimate of drug-likeness (QED) is 0.696. The Kier molecular flexibility index (Phi) is 5.60. The average Bonchev–Trinajstić information content (AvgIpc) is 3.06. The number of urea groups is 2. The molecule has 8 nitrogen and oxygen atoms in total. The summed E-state index contributed by atoms with van der Waals surface area (Å²) in [4.78, 5) is 37.6. The van der Waals surface area contributed by atoms with E-state index in [0.29, 0.717) is 24.4 Å². The van der Waals surface area contributed by atoms with Crippen molar-refractivity contribution in [1.29, 1.82) is 0 Å². The Balaban J connectivity index is 1.81. The maximum atomic E-state index is 12.7. The van der Waals surface area contributed by atoms with Crippen LogP contribution in [0.4, 0.5) is 14.6 Å². The summed E-state index contributed by atoms with van der Waals surface area (Å²) in [6.45, 7) is 0.809. The fourth-order valence-corrected chi connectivity index (χ4v) is 4.00.